The zero-order valence-electron chi connectivity index (χ0n) is 7.75. The number of carbonyl (C=O) groups is 1. The molecular weight excluding hydrogens is 184 g/mol. The normalized spacial score (nSPS) is 21.9. The quantitative estimate of drug-likeness (QED) is 0.541. The van der Waals surface area contributed by atoms with E-state index in [0.717, 1.165) is 12.8 Å². The van der Waals surface area contributed by atoms with E-state index in [4.69, 9.17) is 12.2 Å². The summed E-state index contributed by atoms with van der Waals surface area (Å²) in [5, 5.41) is 3.53. The lowest BCUT2D eigenvalue weighted by Crippen LogP contribution is -2.31. The average molecular weight is 198 g/mol. The number of nitrogens with one attached hydrogen (secondary N) is 1. The maximum Gasteiger partial charge on any atom is 0.251 e. The van der Waals surface area contributed by atoms with Crippen LogP contribution < -0.4 is 5.32 Å². The highest BCUT2D eigenvalue weighted by molar-refractivity contribution is 7.80. The van der Waals surface area contributed by atoms with Crippen molar-refractivity contribution in [1.82, 2.24) is 10.2 Å². The fraction of sp³-hybridized carbons (Fsp3) is 0.556. The van der Waals surface area contributed by atoms with Crippen LogP contribution in [0, 0.1) is 0 Å². The van der Waals surface area contributed by atoms with Crippen LogP contribution >= 0.6 is 12.2 Å². The van der Waals surface area contributed by atoms with E-state index in [2.05, 4.69) is 11.9 Å². The van der Waals surface area contributed by atoms with Gasteiger partial charge in [0.05, 0.1) is 0 Å². The Balaban J connectivity index is 2.63. The van der Waals surface area contributed by atoms with Crippen LogP contribution in [0.15, 0.2) is 12.7 Å². The Bertz CT molecular complexity index is 240. The molecule has 4 heteroatoms. The van der Waals surface area contributed by atoms with Gasteiger partial charge in [0.2, 0.25) is 0 Å². The standard InChI is InChI=1S/C9H14N2OS/c1-3-5-7-8(12)11(6-4-2)9(13)10-7/h4,7H,2-3,5-6H2,1H3,(H,10,13). The highest BCUT2D eigenvalue weighted by atomic mass is 32.1. The highest BCUT2D eigenvalue weighted by Crippen LogP contribution is 2.10. The summed E-state index contributed by atoms with van der Waals surface area (Å²) < 4.78 is 0. The molecule has 0 aromatic heterocycles. The summed E-state index contributed by atoms with van der Waals surface area (Å²) in [4.78, 5) is 13.2. The number of carbonyl (C=O) groups excluding carboxylic acids is 1. The minimum atomic E-state index is -0.113. The molecule has 1 saturated heterocycles. The average Bonchev–Trinajstić information content (AvgIpc) is 2.34. The van der Waals surface area contributed by atoms with Crippen molar-refractivity contribution in [2.45, 2.75) is 25.8 Å². The van der Waals surface area contributed by atoms with Crippen molar-refractivity contribution in [3.8, 4) is 0 Å². The molecule has 0 aliphatic carbocycles. The molecule has 3 nitrogen and oxygen atoms in total. The van der Waals surface area contributed by atoms with Crippen molar-refractivity contribution >= 4 is 23.2 Å². The SMILES string of the molecule is C=CCN1C(=O)C(CCC)NC1=S. The minimum Gasteiger partial charge on any atom is -0.350 e. The molecule has 0 aromatic rings. The van der Waals surface area contributed by atoms with E-state index in [1.807, 2.05) is 6.92 Å². The van der Waals surface area contributed by atoms with Crippen LogP contribution in [0.3, 0.4) is 0 Å². The lowest BCUT2D eigenvalue weighted by atomic mass is 10.2. The van der Waals surface area contributed by atoms with Crippen LogP contribution in [0.2, 0.25) is 0 Å². The van der Waals surface area contributed by atoms with Crippen LogP contribution in [0.1, 0.15) is 19.8 Å². The van der Waals surface area contributed by atoms with Gasteiger partial charge in [-0.25, -0.2) is 0 Å². The van der Waals surface area contributed by atoms with E-state index in [9.17, 15) is 4.79 Å². The van der Waals surface area contributed by atoms with Crippen molar-refractivity contribution in [2.24, 2.45) is 0 Å². The van der Waals surface area contributed by atoms with E-state index in [1.165, 1.54) is 0 Å². The van der Waals surface area contributed by atoms with E-state index in [0.29, 0.717) is 11.7 Å². The van der Waals surface area contributed by atoms with Gasteiger partial charge in [-0.3, -0.25) is 9.69 Å². The smallest absolute Gasteiger partial charge is 0.251 e. The third kappa shape index (κ3) is 2.06. The predicted octanol–water partition coefficient (Wildman–Crippen LogP) is 1.06. The van der Waals surface area contributed by atoms with Crippen molar-refractivity contribution in [1.29, 1.82) is 0 Å². The van der Waals surface area contributed by atoms with Gasteiger partial charge in [0.15, 0.2) is 5.11 Å². The Morgan fingerprint density at radius 1 is 1.77 bits per heavy atom. The van der Waals surface area contributed by atoms with Crippen LogP contribution in [-0.2, 0) is 4.79 Å². The minimum absolute atomic E-state index is 0.0757. The third-order valence-corrected chi connectivity index (χ3v) is 2.33. The highest BCUT2D eigenvalue weighted by Gasteiger charge is 2.33. The van der Waals surface area contributed by atoms with Crippen molar-refractivity contribution < 1.29 is 4.79 Å². The first-order chi connectivity index (χ1) is 6.20. The Morgan fingerprint density at radius 3 is 3.00 bits per heavy atom. The number of nitrogens with zero attached hydrogens (tertiary/aromatic N) is 1. The summed E-state index contributed by atoms with van der Waals surface area (Å²) >= 11 is 5.02. The molecule has 1 unspecified atom stereocenters. The van der Waals surface area contributed by atoms with Crippen LogP contribution in [0.4, 0.5) is 0 Å². The molecule has 72 valence electrons. The summed E-state index contributed by atoms with van der Waals surface area (Å²) in [7, 11) is 0. The van der Waals surface area contributed by atoms with E-state index >= 15 is 0 Å². The molecule has 0 spiro atoms. The van der Waals surface area contributed by atoms with Gasteiger partial charge >= 0.3 is 0 Å². The number of hydrogen-bond donors (Lipinski definition) is 1. The summed E-state index contributed by atoms with van der Waals surface area (Å²) in [5.74, 6) is 0.0757. The largest absolute Gasteiger partial charge is 0.350 e. The lowest BCUT2D eigenvalue weighted by Gasteiger charge is -2.10. The fourth-order valence-electron chi connectivity index (χ4n) is 1.36. The molecule has 0 aromatic carbocycles. The Morgan fingerprint density at radius 2 is 2.46 bits per heavy atom. The van der Waals surface area contributed by atoms with Crippen LogP contribution in [-0.4, -0.2) is 28.5 Å². The first-order valence-corrected chi connectivity index (χ1v) is 4.84. The van der Waals surface area contributed by atoms with Gasteiger partial charge in [0, 0.05) is 6.54 Å². The number of thiocarbonyl (C=S) groups is 1. The molecule has 1 fully saturated rings. The molecule has 1 aliphatic heterocycles. The van der Waals surface area contributed by atoms with Gasteiger partial charge in [0.1, 0.15) is 6.04 Å². The zero-order valence-corrected chi connectivity index (χ0v) is 8.56. The number of amides is 1. The van der Waals surface area contributed by atoms with Crippen molar-refractivity contribution in [2.75, 3.05) is 6.54 Å². The Labute approximate surface area is 83.8 Å². The topological polar surface area (TPSA) is 32.3 Å². The van der Waals surface area contributed by atoms with Gasteiger partial charge in [-0.05, 0) is 18.6 Å². The summed E-state index contributed by atoms with van der Waals surface area (Å²) in [5.41, 5.74) is 0. The van der Waals surface area contributed by atoms with Gasteiger partial charge in [-0.15, -0.1) is 6.58 Å². The second-order valence-corrected chi connectivity index (χ2v) is 3.41. The summed E-state index contributed by atoms with van der Waals surface area (Å²) in [6.45, 7) is 6.14. The van der Waals surface area contributed by atoms with Crippen molar-refractivity contribution in [3.63, 3.8) is 0 Å². The zero-order chi connectivity index (χ0) is 9.84. The predicted molar refractivity (Wildman–Crippen MR) is 56.3 cm³/mol. The first-order valence-electron chi connectivity index (χ1n) is 4.43. The maximum atomic E-state index is 11.6. The molecule has 1 N–H and O–H groups in total. The van der Waals surface area contributed by atoms with Crippen LogP contribution in [0.25, 0.3) is 0 Å². The molecule has 0 radical (unpaired) electrons. The molecule has 0 saturated carbocycles. The van der Waals surface area contributed by atoms with E-state index < -0.39 is 0 Å². The second kappa shape index (κ2) is 4.37. The number of rotatable bonds is 4. The van der Waals surface area contributed by atoms with Gasteiger partial charge < -0.3 is 5.32 Å². The Hall–Kier alpha value is -0.900. The first kappa shape index (κ1) is 10.2. The lowest BCUT2D eigenvalue weighted by molar-refractivity contribution is -0.126. The molecule has 1 aliphatic rings. The van der Waals surface area contributed by atoms with E-state index in [1.54, 1.807) is 11.0 Å². The molecule has 1 heterocycles. The molecule has 1 atom stereocenters. The molecular formula is C9H14N2OS. The molecule has 1 amide bonds. The monoisotopic (exact) mass is 198 g/mol. The van der Waals surface area contributed by atoms with Gasteiger partial charge in [-0.1, -0.05) is 19.4 Å². The maximum absolute atomic E-state index is 11.6. The van der Waals surface area contributed by atoms with Crippen LogP contribution in [0.5, 0.6) is 0 Å². The summed E-state index contributed by atoms with van der Waals surface area (Å²) in [6.07, 6.45) is 3.50. The number of hydrogen-bond acceptors (Lipinski definition) is 2. The second-order valence-electron chi connectivity index (χ2n) is 3.03. The summed E-state index contributed by atoms with van der Waals surface area (Å²) in [6, 6.07) is -0.113. The van der Waals surface area contributed by atoms with E-state index in [-0.39, 0.29) is 11.9 Å². The molecule has 13 heavy (non-hydrogen) atoms. The van der Waals surface area contributed by atoms with Gasteiger partial charge in [-0.2, -0.15) is 0 Å². The van der Waals surface area contributed by atoms with Gasteiger partial charge in [0.25, 0.3) is 5.91 Å². The fourth-order valence-corrected chi connectivity index (χ4v) is 1.67. The molecule has 1 rings (SSSR count). The van der Waals surface area contributed by atoms with Crippen molar-refractivity contribution in [3.05, 3.63) is 12.7 Å². The third-order valence-electron chi connectivity index (χ3n) is 2.00. The molecule has 0 bridgehead atoms. The Kier molecular flexibility index (Phi) is 3.42.